The summed E-state index contributed by atoms with van der Waals surface area (Å²) in [7, 11) is 0. The van der Waals surface area contributed by atoms with Gasteiger partial charge in [0.1, 0.15) is 0 Å². The van der Waals surface area contributed by atoms with Gasteiger partial charge in [-0.2, -0.15) is 4.68 Å². The van der Waals surface area contributed by atoms with Gasteiger partial charge in [0.25, 0.3) is 0 Å². The summed E-state index contributed by atoms with van der Waals surface area (Å²) < 4.78 is 1.67. The third-order valence-corrected chi connectivity index (χ3v) is 5.41. The van der Waals surface area contributed by atoms with E-state index in [0.717, 1.165) is 28.9 Å². The van der Waals surface area contributed by atoms with Gasteiger partial charge in [-0.3, -0.25) is 4.79 Å². The summed E-state index contributed by atoms with van der Waals surface area (Å²) in [6.45, 7) is 6.31. The van der Waals surface area contributed by atoms with Crippen LogP contribution < -0.4 is 5.32 Å². The van der Waals surface area contributed by atoms with Crippen LogP contribution in [-0.2, 0) is 4.79 Å². The summed E-state index contributed by atoms with van der Waals surface area (Å²) in [5.74, 6) is 0.554. The summed E-state index contributed by atoms with van der Waals surface area (Å²) in [5.41, 5.74) is 4.00. The summed E-state index contributed by atoms with van der Waals surface area (Å²) in [4.78, 5) is 12.5. The Morgan fingerprint density at radius 1 is 1.19 bits per heavy atom. The highest BCUT2D eigenvalue weighted by molar-refractivity contribution is 7.99. The fourth-order valence-corrected chi connectivity index (χ4v) is 3.48. The number of aryl methyl sites for hydroxylation is 1. The van der Waals surface area contributed by atoms with E-state index in [0.29, 0.717) is 11.1 Å². The molecule has 0 saturated heterocycles. The van der Waals surface area contributed by atoms with Crippen LogP contribution in [0.25, 0.3) is 5.69 Å². The zero-order chi connectivity index (χ0) is 19.2. The Bertz CT molecular complexity index is 924. The highest BCUT2D eigenvalue weighted by atomic mass is 32.2. The van der Waals surface area contributed by atoms with Gasteiger partial charge in [0.15, 0.2) is 0 Å². The molecule has 7 heteroatoms. The molecule has 0 spiro atoms. The van der Waals surface area contributed by atoms with E-state index in [-0.39, 0.29) is 11.7 Å². The zero-order valence-corrected chi connectivity index (χ0v) is 16.5. The molecule has 0 fully saturated rings. The van der Waals surface area contributed by atoms with Crippen LogP contribution >= 0.6 is 11.8 Å². The normalized spacial score (nSPS) is 12.0. The van der Waals surface area contributed by atoms with Gasteiger partial charge in [0.2, 0.25) is 11.1 Å². The van der Waals surface area contributed by atoms with Crippen LogP contribution in [0.1, 0.15) is 37.3 Å². The quantitative estimate of drug-likeness (QED) is 0.621. The molecule has 0 aliphatic heterocycles. The van der Waals surface area contributed by atoms with Gasteiger partial charge in [-0.05, 0) is 52.9 Å². The van der Waals surface area contributed by atoms with Crippen LogP contribution in [0.2, 0.25) is 0 Å². The minimum absolute atomic E-state index is 0.0740. The Labute approximate surface area is 163 Å². The molecule has 3 rings (SSSR count). The molecule has 6 nitrogen and oxygen atoms in total. The molecular formula is C20H23N5OS. The third kappa shape index (κ3) is 4.54. The average molecular weight is 382 g/mol. The van der Waals surface area contributed by atoms with Crippen molar-refractivity contribution in [1.82, 2.24) is 20.2 Å². The standard InChI is InChI=1S/C20H23N5OS/c1-4-14(2)16-10-6-7-11-17(16)21-19(26)13-27-20-22-23-24-25(20)18-12-8-5-9-15(18)3/h5-12,14H,4,13H2,1-3H3,(H,21,26)/t14-/m0/s1. The number of tetrazole rings is 1. The maximum atomic E-state index is 12.5. The number of para-hydroxylation sites is 2. The van der Waals surface area contributed by atoms with E-state index < -0.39 is 0 Å². The van der Waals surface area contributed by atoms with Crippen LogP contribution in [0, 0.1) is 6.92 Å². The van der Waals surface area contributed by atoms with E-state index in [1.165, 1.54) is 11.8 Å². The maximum Gasteiger partial charge on any atom is 0.234 e. The summed E-state index contributed by atoms with van der Waals surface area (Å²) in [5, 5.41) is 15.5. The SMILES string of the molecule is CC[C@H](C)c1ccccc1NC(=O)CSc1nnnn1-c1ccccc1C. The minimum Gasteiger partial charge on any atom is -0.325 e. The fraction of sp³-hybridized carbons (Fsp3) is 0.300. The van der Waals surface area contributed by atoms with Crippen molar-refractivity contribution in [2.45, 2.75) is 38.3 Å². The van der Waals surface area contributed by atoms with Crippen LogP contribution in [0.3, 0.4) is 0 Å². The highest BCUT2D eigenvalue weighted by Crippen LogP contribution is 2.27. The van der Waals surface area contributed by atoms with Crippen molar-refractivity contribution in [1.29, 1.82) is 0 Å². The minimum atomic E-state index is -0.0740. The number of nitrogens with one attached hydrogen (secondary N) is 1. The van der Waals surface area contributed by atoms with Crippen molar-refractivity contribution in [3.63, 3.8) is 0 Å². The zero-order valence-electron chi connectivity index (χ0n) is 15.7. The molecule has 27 heavy (non-hydrogen) atoms. The number of carbonyl (C=O) groups is 1. The number of hydrogen-bond acceptors (Lipinski definition) is 5. The first kappa shape index (κ1) is 19.1. The maximum absolute atomic E-state index is 12.5. The monoisotopic (exact) mass is 381 g/mol. The molecule has 1 atom stereocenters. The molecule has 140 valence electrons. The van der Waals surface area contributed by atoms with E-state index in [1.807, 2.05) is 49.4 Å². The summed E-state index contributed by atoms with van der Waals surface area (Å²) in [6, 6.07) is 15.8. The van der Waals surface area contributed by atoms with Crippen LogP contribution in [0.4, 0.5) is 5.69 Å². The van der Waals surface area contributed by atoms with Gasteiger partial charge >= 0.3 is 0 Å². The van der Waals surface area contributed by atoms with E-state index in [4.69, 9.17) is 0 Å². The van der Waals surface area contributed by atoms with E-state index in [9.17, 15) is 4.79 Å². The number of rotatable bonds is 7. The molecule has 1 amide bonds. The lowest BCUT2D eigenvalue weighted by atomic mass is 9.97. The number of nitrogens with zero attached hydrogens (tertiary/aromatic N) is 4. The van der Waals surface area contributed by atoms with Gasteiger partial charge < -0.3 is 5.32 Å². The Morgan fingerprint density at radius 2 is 1.93 bits per heavy atom. The molecule has 0 saturated carbocycles. The lowest BCUT2D eigenvalue weighted by molar-refractivity contribution is -0.113. The van der Waals surface area contributed by atoms with Crippen molar-refractivity contribution in [2.75, 3.05) is 11.1 Å². The first-order valence-electron chi connectivity index (χ1n) is 8.96. The molecular weight excluding hydrogens is 358 g/mol. The Morgan fingerprint density at radius 3 is 2.70 bits per heavy atom. The number of thioether (sulfide) groups is 1. The third-order valence-electron chi connectivity index (χ3n) is 4.50. The lowest BCUT2D eigenvalue weighted by Crippen LogP contribution is -2.16. The first-order valence-corrected chi connectivity index (χ1v) is 9.94. The smallest absolute Gasteiger partial charge is 0.234 e. The van der Waals surface area contributed by atoms with E-state index in [2.05, 4.69) is 40.8 Å². The van der Waals surface area contributed by atoms with Gasteiger partial charge in [-0.25, -0.2) is 0 Å². The number of carbonyl (C=O) groups excluding carboxylic acids is 1. The first-order chi connectivity index (χ1) is 13.1. The Balaban J connectivity index is 1.68. The number of aromatic nitrogens is 4. The van der Waals surface area contributed by atoms with Crippen molar-refractivity contribution in [3.05, 3.63) is 59.7 Å². The van der Waals surface area contributed by atoms with Crippen LogP contribution in [0.5, 0.6) is 0 Å². The highest BCUT2D eigenvalue weighted by Gasteiger charge is 2.15. The second-order valence-electron chi connectivity index (χ2n) is 6.39. The Kier molecular flexibility index (Phi) is 6.24. The van der Waals surface area contributed by atoms with E-state index >= 15 is 0 Å². The number of hydrogen-bond donors (Lipinski definition) is 1. The molecule has 2 aromatic carbocycles. The molecule has 1 aromatic heterocycles. The van der Waals surface area contributed by atoms with Crippen LogP contribution in [0.15, 0.2) is 53.7 Å². The average Bonchev–Trinajstić information content (AvgIpc) is 3.15. The number of amides is 1. The van der Waals surface area contributed by atoms with Crippen molar-refractivity contribution in [3.8, 4) is 5.69 Å². The summed E-state index contributed by atoms with van der Waals surface area (Å²) >= 11 is 1.32. The van der Waals surface area contributed by atoms with E-state index in [1.54, 1.807) is 4.68 Å². The van der Waals surface area contributed by atoms with Gasteiger partial charge in [0.05, 0.1) is 11.4 Å². The number of anilines is 1. The fourth-order valence-electron chi connectivity index (χ4n) is 2.80. The molecule has 0 bridgehead atoms. The van der Waals surface area contributed by atoms with Crippen molar-refractivity contribution in [2.24, 2.45) is 0 Å². The predicted molar refractivity (Wildman–Crippen MR) is 108 cm³/mol. The molecule has 0 unspecified atom stereocenters. The molecule has 0 aliphatic rings. The predicted octanol–water partition coefficient (Wildman–Crippen LogP) is 4.22. The van der Waals surface area contributed by atoms with Gasteiger partial charge in [0, 0.05) is 5.69 Å². The molecule has 1 heterocycles. The Hall–Kier alpha value is -2.67. The van der Waals surface area contributed by atoms with Crippen LogP contribution in [-0.4, -0.2) is 31.9 Å². The van der Waals surface area contributed by atoms with Crippen molar-refractivity contribution >= 4 is 23.4 Å². The van der Waals surface area contributed by atoms with Gasteiger partial charge in [-0.1, -0.05) is 62.0 Å². The second kappa shape index (κ2) is 8.81. The molecule has 1 N–H and O–H groups in total. The number of benzene rings is 2. The van der Waals surface area contributed by atoms with Gasteiger partial charge in [-0.15, -0.1) is 5.10 Å². The summed E-state index contributed by atoms with van der Waals surface area (Å²) in [6.07, 6.45) is 1.02. The molecule has 0 radical (unpaired) electrons. The largest absolute Gasteiger partial charge is 0.325 e. The second-order valence-corrected chi connectivity index (χ2v) is 7.34. The lowest BCUT2D eigenvalue weighted by Gasteiger charge is -2.15. The molecule has 0 aliphatic carbocycles. The molecule has 3 aromatic rings. The van der Waals surface area contributed by atoms with Crippen molar-refractivity contribution < 1.29 is 4.79 Å². The topological polar surface area (TPSA) is 72.7 Å².